The van der Waals surface area contributed by atoms with Crippen molar-refractivity contribution in [3.05, 3.63) is 41.5 Å². The van der Waals surface area contributed by atoms with E-state index in [1.807, 2.05) is 26.0 Å². The third-order valence-electron chi connectivity index (χ3n) is 2.59. The van der Waals surface area contributed by atoms with Crippen molar-refractivity contribution in [3.63, 3.8) is 0 Å². The summed E-state index contributed by atoms with van der Waals surface area (Å²) in [5, 5.41) is 0. The first-order chi connectivity index (χ1) is 7.06. The number of ketones is 1. The number of rotatable bonds is 4. The molecule has 1 aromatic rings. The Morgan fingerprint density at radius 2 is 2.13 bits per heavy atom. The van der Waals surface area contributed by atoms with Crippen LogP contribution in [-0.4, -0.2) is 5.78 Å². The van der Waals surface area contributed by atoms with Crippen molar-refractivity contribution in [1.82, 2.24) is 0 Å². The lowest BCUT2D eigenvalue weighted by Crippen LogP contribution is -2.04. The predicted molar refractivity (Wildman–Crippen MR) is 64.0 cm³/mol. The van der Waals surface area contributed by atoms with Crippen LogP contribution in [0.4, 0.5) is 5.69 Å². The van der Waals surface area contributed by atoms with Gasteiger partial charge in [-0.15, -0.1) is 0 Å². The molecule has 0 aliphatic carbocycles. The number of nitrogens with two attached hydrogens (primary N) is 1. The van der Waals surface area contributed by atoms with Crippen LogP contribution in [0.5, 0.6) is 0 Å². The molecule has 1 rings (SSSR count). The highest BCUT2D eigenvalue weighted by Gasteiger charge is 2.10. The normalized spacial score (nSPS) is 10.0. The molecule has 15 heavy (non-hydrogen) atoms. The van der Waals surface area contributed by atoms with Crippen molar-refractivity contribution < 1.29 is 4.79 Å². The summed E-state index contributed by atoms with van der Waals surface area (Å²) in [6.07, 6.45) is 1.26. The summed E-state index contributed by atoms with van der Waals surface area (Å²) in [5.74, 6) is 0.103. The van der Waals surface area contributed by atoms with Gasteiger partial charge in [0.05, 0.1) is 0 Å². The average molecular weight is 203 g/mol. The quantitative estimate of drug-likeness (QED) is 0.464. The van der Waals surface area contributed by atoms with Crippen molar-refractivity contribution >= 4 is 11.5 Å². The maximum atomic E-state index is 11.9. The number of allylic oxidation sites excluding steroid dienone is 1. The second kappa shape index (κ2) is 4.78. The van der Waals surface area contributed by atoms with Crippen LogP contribution in [0.1, 0.15) is 35.7 Å². The molecule has 0 heterocycles. The van der Waals surface area contributed by atoms with Gasteiger partial charge in [-0.3, -0.25) is 4.79 Å². The molecule has 0 saturated carbocycles. The minimum absolute atomic E-state index is 0.103. The molecular weight excluding hydrogens is 186 g/mol. The number of carbonyl (C=O) groups excluding carboxylic acids is 1. The van der Waals surface area contributed by atoms with E-state index in [9.17, 15) is 4.79 Å². The summed E-state index contributed by atoms with van der Waals surface area (Å²) in [4.78, 5) is 11.9. The molecule has 0 spiro atoms. The third kappa shape index (κ3) is 2.69. The minimum Gasteiger partial charge on any atom is -0.398 e. The fourth-order valence-corrected chi connectivity index (χ4v) is 1.40. The molecule has 0 radical (unpaired) electrons. The van der Waals surface area contributed by atoms with E-state index in [0.717, 1.165) is 17.6 Å². The van der Waals surface area contributed by atoms with Gasteiger partial charge in [-0.1, -0.05) is 31.2 Å². The number of nitrogen functional groups attached to an aromatic ring is 1. The molecule has 0 saturated heterocycles. The number of carbonyl (C=O) groups is 1. The lowest BCUT2D eigenvalue weighted by molar-refractivity contribution is 0.0992. The Balaban J connectivity index is 2.92. The summed E-state index contributed by atoms with van der Waals surface area (Å²) in [7, 11) is 0. The Morgan fingerprint density at radius 3 is 2.73 bits per heavy atom. The Labute approximate surface area is 90.8 Å². The van der Waals surface area contributed by atoms with Crippen molar-refractivity contribution in [2.45, 2.75) is 26.7 Å². The molecule has 0 aliphatic rings. The van der Waals surface area contributed by atoms with Crippen molar-refractivity contribution in [1.29, 1.82) is 0 Å². The van der Waals surface area contributed by atoms with E-state index in [1.165, 1.54) is 0 Å². The van der Waals surface area contributed by atoms with Crippen LogP contribution >= 0.6 is 0 Å². The van der Waals surface area contributed by atoms with E-state index in [2.05, 4.69) is 6.58 Å². The molecule has 2 heteroatoms. The Hall–Kier alpha value is -1.57. The van der Waals surface area contributed by atoms with Gasteiger partial charge in [0, 0.05) is 17.7 Å². The average Bonchev–Trinajstić information content (AvgIpc) is 2.21. The first-order valence-corrected chi connectivity index (χ1v) is 5.11. The van der Waals surface area contributed by atoms with Crippen LogP contribution in [0.15, 0.2) is 30.4 Å². The number of anilines is 1. The fraction of sp³-hybridized carbons (Fsp3) is 0.308. The molecule has 1 aromatic carbocycles. The molecule has 0 amide bonds. The molecule has 0 fully saturated rings. The van der Waals surface area contributed by atoms with Crippen molar-refractivity contribution in [3.8, 4) is 0 Å². The van der Waals surface area contributed by atoms with Crippen molar-refractivity contribution in [2.24, 2.45) is 0 Å². The van der Waals surface area contributed by atoms with E-state index in [4.69, 9.17) is 5.73 Å². The minimum atomic E-state index is 0.103. The largest absolute Gasteiger partial charge is 0.398 e. The first kappa shape index (κ1) is 11.5. The highest BCUT2D eigenvalue weighted by Crippen LogP contribution is 2.19. The van der Waals surface area contributed by atoms with Gasteiger partial charge < -0.3 is 5.73 Å². The molecule has 0 aliphatic heterocycles. The van der Waals surface area contributed by atoms with Crippen LogP contribution in [-0.2, 0) is 0 Å². The predicted octanol–water partition coefficient (Wildman–Crippen LogP) is 3.12. The lowest BCUT2D eigenvalue weighted by atomic mass is 9.98. The summed E-state index contributed by atoms with van der Waals surface area (Å²) in [6.45, 7) is 7.71. The van der Waals surface area contributed by atoms with Crippen LogP contribution in [0, 0.1) is 6.92 Å². The van der Waals surface area contributed by atoms with Crippen LogP contribution < -0.4 is 5.73 Å². The third-order valence-corrected chi connectivity index (χ3v) is 2.59. The van der Waals surface area contributed by atoms with Crippen LogP contribution in [0.25, 0.3) is 0 Å². The topological polar surface area (TPSA) is 43.1 Å². The summed E-state index contributed by atoms with van der Waals surface area (Å²) >= 11 is 0. The first-order valence-electron chi connectivity index (χ1n) is 5.11. The molecule has 0 atom stereocenters. The summed E-state index contributed by atoms with van der Waals surface area (Å²) < 4.78 is 0. The SMILES string of the molecule is C=C(CC)CC(=O)c1cccc(N)c1C. The molecular formula is C13H17NO. The van der Waals surface area contributed by atoms with Gasteiger partial charge in [0.25, 0.3) is 0 Å². The number of hydrogen-bond acceptors (Lipinski definition) is 2. The van der Waals surface area contributed by atoms with Gasteiger partial charge in [0.15, 0.2) is 5.78 Å². The zero-order valence-corrected chi connectivity index (χ0v) is 9.34. The van der Waals surface area contributed by atoms with Crippen molar-refractivity contribution in [2.75, 3.05) is 5.73 Å². The fourth-order valence-electron chi connectivity index (χ4n) is 1.40. The van der Waals surface area contributed by atoms with Gasteiger partial charge in [0.1, 0.15) is 0 Å². The molecule has 2 nitrogen and oxygen atoms in total. The molecule has 0 aromatic heterocycles. The monoisotopic (exact) mass is 203 g/mol. The second-order valence-corrected chi connectivity index (χ2v) is 3.72. The smallest absolute Gasteiger partial charge is 0.167 e. The number of hydrogen-bond donors (Lipinski definition) is 1. The van der Waals surface area contributed by atoms with Gasteiger partial charge in [-0.05, 0) is 25.0 Å². The Morgan fingerprint density at radius 1 is 1.47 bits per heavy atom. The second-order valence-electron chi connectivity index (χ2n) is 3.72. The standard InChI is InChI=1S/C13H17NO/c1-4-9(2)8-13(15)11-6-5-7-12(14)10(11)3/h5-7H,2,4,8,14H2,1,3H3. The number of benzene rings is 1. The molecule has 0 bridgehead atoms. The Kier molecular flexibility index (Phi) is 3.67. The molecule has 2 N–H and O–H groups in total. The van der Waals surface area contributed by atoms with Crippen LogP contribution in [0.2, 0.25) is 0 Å². The highest BCUT2D eigenvalue weighted by atomic mass is 16.1. The zero-order valence-electron chi connectivity index (χ0n) is 9.34. The lowest BCUT2D eigenvalue weighted by Gasteiger charge is -2.07. The van der Waals surface area contributed by atoms with Gasteiger partial charge in [-0.2, -0.15) is 0 Å². The highest BCUT2D eigenvalue weighted by molar-refractivity contribution is 5.99. The summed E-state index contributed by atoms with van der Waals surface area (Å²) in [6, 6.07) is 5.43. The van der Waals surface area contributed by atoms with Gasteiger partial charge in [-0.25, -0.2) is 0 Å². The maximum absolute atomic E-state index is 11.9. The van der Waals surface area contributed by atoms with E-state index in [-0.39, 0.29) is 5.78 Å². The van der Waals surface area contributed by atoms with E-state index < -0.39 is 0 Å². The van der Waals surface area contributed by atoms with Crippen LogP contribution in [0.3, 0.4) is 0 Å². The van der Waals surface area contributed by atoms with E-state index >= 15 is 0 Å². The van der Waals surface area contributed by atoms with Gasteiger partial charge in [0.2, 0.25) is 0 Å². The van der Waals surface area contributed by atoms with E-state index in [1.54, 1.807) is 6.07 Å². The molecule has 0 unspecified atom stereocenters. The Bertz CT molecular complexity index is 394. The maximum Gasteiger partial charge on any atom is 0.167 e. The van der Waals surface area contributed by atoms with E-state index in [0.29, 0.717) is 17.7 Å². The number of Topliss-reactive ketones (excluding diaryl/α,β-unsaturated/α-hetero) is 1. The van der Waals surface area contributed by atoms with Gasteiger partial charge >= 0.3 is 0 Å². The zero-order chi connectivity index (χ0) is 11.4. The summed E-state index contributed by atoms with van der Waals surface area (Å²) in [5.41, 5.74) is 8.96. The molecule has 80 valence electrons.